The molecule has 2 N–H and O–H groups in total. The Morgan fingerprint density at radius 1 is 0.905 bits per heavy atom. The van der Waals surface area contributed by atoms with Gasteiger partial charge in [0, 0.05) is 11.6 Å². The van der Waals surface area contributed by atoms with Gasteiger partial charge in [-0.25, -0.2) is 0 Å². The first kappa shape index (κ1) is 15.8. The summed E-state index contributed by atoms with van der Waals surface area (Å²) in [6, 6.07) is 0.424. The SMILES string of the molecule is CC1CCC(C(N)C2(N3CCCCC3)CCCC2)CC1C. The molecule has 3 rings (SSSR count). The molecule has 2 nitrogen and oxygen atoms in total. The summed E-state index contributed by atoms with van der Waals surface area (Å²) in [6.45, 7) is 7.51. The molecule has 0 spiro atoms. The Bertz CT molecular complexity index is 328. The van der Waals surface area contributed by atoms with Crippen molar-refractivity contribution < 1.29 is 0 Å². The molecule has 122 valence electrons. The van der Waals surface area contributed by atoms with Gasteiger partial charge in [0.2, 0.25) is 0 Å². The lowest BCUT2D eigenvalue weighted by molar-refractivity contribution is 0.0159. The van der Waals surface area contributed by atoms with Crippen molar-refractivity contribution in [2.24, 2.45) is 23.5 Å². The van der Waals surface area contributed by atoms with Gasteiger partial charge in [-0.15, -0.1) is 0 Å². The summed E-state index contributed by atoms with van der Waals surface area (Å²) in [7, 11) is 0. The van der Waals surface area contributed by atoms with Crippen LogP contribution in [-0.4, -0.2) is 29.6 Å². The first-order chi connectivity index (χ1) is 10.1. The zero-order valence-corrected chi connectivity index (χ0v) is 14.3. The third-order valence-corrected chi connectivity index (χ3v) is 7.22. The van der Waals surface area contributed by atoms with Gasteiger partial charge < -0.3 is 5.73 Å². The van der Waals surface area contributed by atoms with Crippen LogP contribution in [0.4, 0.5) is 0 Å². The third kappa shape index (κ3) is 3.03. The van der Waals surface area contributed by atoms with Gasteiger partial charge in [0.05, 0.1) is 0 Å². The van der Waals surface area contributed by atoms with Gasteiger partial charge in [-0.05, 0) is 69.4 Å². The normalized spacial score (nSPS) is 39.3. The standard InChI is InChI=1S/C19H36N2/c1-15-8-9-17(14-16(15)2)18(20)19(10-4-5-11-19)21-12-6-3-7-13-21/h15-18H,3-14,20H2,1-2H3. The van der Waals surface area contributed by atoms with E-state index in [0.717, 1.165) is 17.8 Å². The van der Waals surface area contributed by atoms with Gasteiger partial charge in [-0.3, -0.25) is 4.90 Å². The van der Waals surface area contributed by atoms with Crippen molar-refractivity contribution in [1.29, 1.82) is 0 Å². The van der Waals surface area contributed by atoms with Crippen molar-refractivity contribution in [2.75, 3.05) is 13.1 Å². The molecule has 0 bridgehead atoms. The zero-order valence-electron chi connectivity index (χ0n) is 14.3. The Morgan fingerprint density at radius 3 is 2.19 bits per heavy atom. The van der Waals surface area contributed by atoms with Crippen molar-refractivity contribution >= 4 is 0 Å². The molecule has 0 amide bonds. The molecule has 0 aromatic heterocycles. The van der Waals surface area contributed by atoms with Crippen LogP contribution in [-0.2, 0) is 0 Å². The van der Waals surface area contributed by atoms with Gasteiger partial charge in [-0.1, -0.05) is 39.5 Å². The van der Waals surface area contributed by atoms with Gasteiger partial charge in [0.1, 0.15) is 0 Å². The summed E-state index contributed by atoms with van der Waals surface area (Å²) in [5.74, 6) is 2.55. The summed E-state index contributed by atoms with van der Waals surface area (Å²) in [6.07, 6.45) is 13.9. The number of nitrogens with zero attached hydrogens (tertiary/aromatic N) is 1. The molecule has 3 aliphatic rings. The summed E-state index contributed by atoms with van der Waals surface area (Å²) in [5, 5.41) is 0. The van der Waals surface area contributed by atoms with Gasteiger partial charge in [0.15, 0.2) is 0 Å². The second kappa shape index (κ2) is 6.58. The van der Waals surface area contributed by atoms with Crippen LogP contribution in [0.1, 0.15) is 78.1 Å². The molecule has 0 aromatic carbocycles. The largest absolute Gasteiger partial charge is 0.326 e. The van der Waals surface area contributed by atoms with Crippen molar-refractivity contribution in [3.8, 4) is 0 Å². The maximum Gasteiger partial charge on any atom is 0.0363 e. The third-order valence-electron chi connectivity index (χ3n) is 7.22. The van der Waals surface area contributed by atoms with E-state index in [-0.39, 0.29) is 0 Å². The van der Waals surface area contributed by atoms with Crippen LogP contribution in [0.25, 0.3) is 0 Å². The molecule has 4 atom stereocenters. The van der Waals surface area contributed by atoms with E-state index in [0.29, 0.717) is 11.6 Å². The van der Waals surface area contributed by atoms with E-state index in [1.165, 1.54) is 77.3 Å². The molecular weight excluding hydrogens is 256 g/mol. The van der Waals surface area contributed by atoms with Gasteiger partial charge in [-0.2, -0.15) is 0 Å². The van der Waals surface area contributed by atoms with Crippen LogP contribution < -0.4 is 5.73 Å². The predicted octanol–water partition coefficient (Wildman–Crippen LogP) is 4.18. The number of hydrogen-bond donors (Lipinski definition) is 1. The lowest BCUT2D eigenvalue weighted by atomic mass is 9.68. The molecule has 2 heteroatoms. The van der Waals surface area contributed by atoms with E-state index >= 15 is 0 Å². The Morgan fingerprint density at radius 2 is 1.57 bits per heavy atom. The quantitative estimate of drug-likeness (QED) is 0.845. The molecule has 1 heterocycles. The Hall–Kier alpha value is -0.0800. The van der Waals surface area contributed by atoms with E-state index in [4.69, 9.17) is 5.73 Å². The minimum Gasteiger partial charge on any atom is -0.326 e. The fraction of sp³-hybridized carbons (Fsp3) is 1.00. The molecule has 1 saturated heterocycles. The molecule has 0 radical (unpaired) electrons. The highest BCUT2D eigenvalue weighted by Crippen LogP contribution is 2.45. The smallest absolute Gasteiger partial charge is 0.0363 e. The van der Waals surface area contributed by atoms with Crippen LogP contribution >= 0.6 is 0 Å². The van der Waals surface area contributed by atoms with Crippen molar-refractivity contribution in [1.82, 2.24) is 4.90 Å². The minimum absolute atomic E-state index is 0.366. The van der Waals surface area contributed by atoms with Gasteiger partial charge in [0.25, 0.3) is 0 Å². The maximum atomic E-state index is 6.99. The van der Waals surface area contributed by atoms with Crippen LogP contribution in [0.15, 0.2) is 0 Å². The Kier molecular flexibility index (Phi) is 4.95. The zero-order chi connectivity index (χ0) is 14.9. The van der Waals surface area contributed by atoms with Crippen LogP contribution in [0.2, 0.25) is 0 Å². The topological polar surface area (TPSA) is 29.3 Å². The number of likely N-dealkylation sites (tertiary alicyclic amines) is 1. The summed E-state index contributed by atoms with van der Waals surface area (Å²) in [5.41, 5.74) is 7.35. The van der Waals surface area contributed by atoms with E-state index in [9.17, 15) is 0 Å². The number of rotatable bonds is 3. The van der Waals surface area contributed by atoms with Crippen LogP contribution in [0.3, 0.4) is 0 Å². The maximum absolute atomic E-state index is 6.99. The molecular formula is C19H36N2. The molecule has 3 fully saturated rings. The lowest BCUT2D eigenvalue weighted by Gasteiger charge is -2.51. The molecule has 1 aliphatic heterocycles. The number of nitrogens with two attached hydrogens (primary N) is 1. The highest BCUT2D eigenvalue weighted by Gasteiger charge is 2.47. The minimum atomic E-state index is 0.366. The molecule has 21 heavy (non-hydrogen) atoms. The monoisotopic (exact) mass is 292 g/mol. The van der Waals surface area contributed by atoms with Crippen LogP contribution in [0, 0.1) is 17.8 Å². The first-order valence-corrected chi connectivity index (χ1v) is 9.64. The average molecular weight is 293 g/mol. The lowest BCUT2D eigenvalue weighted by Crippen LogP contribution is -2.62. The number of piperidine rings is 1. The van der Waals surface area contributed by atoms with E-state index in [1.54, 1.807) is 0 Å². The fourth-order valence-electron chi connectivity index (χ4n) is 5.54. The van der Waals surface area contributed by atoms with E-state index in [1.807, 2.05) is 0 Å². The second-order valence-electron chi connectivity index (χ2n) is 8.41. The molecule has 0 aromatic rings. The fourth-order valence-corrected chi connectivity index (χ4v) is 5.54. The molecule has 4 unspecified atom stereocenters. The van der Waals surface area contributed by atoms with Gasteiger partial charge >= 0.3 is 0 Å². The molecule has 2 saturated carbocycles. The average Bonchev–Trinajstić information content (AvgIpc) is 3.01. The highest BCUT2D eigenvalue weighted by atomic mass is 15.2. The Balaban J connectivity index is 1.73. The summed E-state index contributed by atoms with van der Waals surface area (Å²) >= 11 is 0. The predicted molar refractivity (Wildman–Crippen MR) is 90.3 cm³/mol. The van der Waals surface area contributed by atoms with E-state index in [2.05, 4.69) is 18.7 Å². The van der Waals surface area contributed by atoms with Crippen molar-refractivity contribution in [3.63, 3.8) is 0 Å². The summed E-state index contributed by atoms with van der Waals surface area (Å²) < 4.78 is 0. The van der Waals surface area contributed by atoms with Crippen LogP contribution in [0.5, 0.6) is 0 Å². The first-order valence-electron chi connectivity index (χ1n) is 9.64. The summed E-state index contributed by atoms with van der Waals surface area (Å²) in [4.78, 5) is 2.83. The van der Waals surface area contributed by atoms with E-state index < -0.39 is 0 Å². The molecule has 2 aliphatic carbocycles. The second-order valence-corrected chi connectivity index (χ2v) is 8.41. The van der Waals surface area contributed by atoms with Crippen molar-refractivity contribution in [2.45, 2.75) is 89.6 Å². The van der Waals surface area contributed by atoms with Crippen molar-refractivity contribution in [3.05, 3.63) is 0 Å². The highest BCUT2D eigenvalue weighted by molar-refractivity contribution is 5.06. The number of hydrogen-bond acceptors (Lipinski definition) is 2. The Labute approximate surface area is 131 Å².